The summed E-state index contributed by atoms with van der Waals surface area (Å²) in [5.41, 5.74) is 1.84. The molecule has 0 radical (unpaired) electrons. The van der Waals surface area contributed by atoms with E-state index in [1.807, 2.05) is 12.1 Å². The van der Waals surface area contributed by atoms with Gasteiger partial charge in [0.05, 0.1) is 5.56 Å². The quantitative estimate of drug-likeness (QED) is 0.820. The van der Waals surface area contributed by atoms with Gasteiger partial charge in [0.25, 0.3) is 0 Å². The standard InChI is InChI=1S/C18H17F3O3/c1-11(2)9-12-3-5-13(6-4-12)15-8-7-14(24-18(19,20)21)10-16(15)17(22)23/h3-8,10-11H,9H2,1-2H3,(H,22,23). The number of carbonyl (C=O) groups is 1. The van der Waals surface area contributed by atoms with Crippen molar-refractivity contribution in [1.29, 1.82) is 0 Å². The van der Waals surface area contributed by atoms with Crippen LogP contribution in [-0.2, 0) is 6.42 Å². The molecule has 2 rings (SSSR count). The molecule has 0 heterocycles. The maximum absolute atomic E-state index is 12.3. The van der Waals surface area contributed by atoms with Gasteiger partial charge in [0.1, 0.15) is 5.75 Å². The van der Waals surface area contributed by atoms with Crippen LogP contribution in [0.1, 0.15) is 29.8 Å². The molecule has 2 aromatic rings. The van der Waals surface area contributed by atoms with Gasteiger partial charge >= 0.3 is 12.3 Å². The molecule has 0 aliphatic heterocycles. The third kappa shape index (κ3) is 4.75. The largest absolute Gasteiger partial charge is 0.573 e. The van der Waals surface area contributed by atoms with Gasteiger partial charge in [-0.1, -0.05) is 38.1 Å². The van der Waals surface area contributed by atoms with Gasteiger partial charge < -0.3 is 9.84 Å². The molecule has 2 aromatic carbocycles. The third-order valence-corrected chi connectivity index (χ3v) is 3.36. The van der Waals surface area contributed by atoms with Crippen molar-refractivity contribution in [2.75, 3.05) is 0 Å². The normalized spacial score (nSPS) is 11.6. The maximum atomic E-state index is 12.3. The molecular weight excluding hydrogens is 321 g/mol. The molecule has 0 bridgehead atoms. The molecule has 3 nitrogen and oxygen atoms in total. The SMILES string of the molecule is CC(C)Cc1ccc(-c2ccc(OC(F)(F)F)cc2C(=O)O)cc1. The van der Waals surface area contributed by atoms with E-state index in [1.54, 1.807) is 12.1 Å². The van der Waals surface area contributed by atoms with Crippen LogP contribution in [0.15, 0.2) is 42.5 Å². The summed E-state index contributed by atoms with van der Waals surface area (Å²) in [5, 5.41) is 9.29. The second-order valence-corrected chi connectivity index (χ2v) is 5.86. The Morgan fingerprint density at radius 3 is 2.25 bits per heavy atom. The van der Waals surface area contributed by atoms with Gasteiger partial charge in [-0.25, -0.2) is 4.79 Å². The Bertz CT molecular complexity index is 719. The molecule has 6 heteroatoms. The summed E-state index contributed by atoms with van der Waals surface area (Å²) >= 11 is 0. The molecule has 1 N–H and O–H groups in total. The molecule has 0 atom stereocenters. The van der Waals surface area contributed by atoms with E-state index in [-0.39, 0.29) is 5.56 Å². The van der Waals surface area contributed by atoms with Gasteiger partial charge in [0, 0.05) is 0 Å². The molecule has 0 aliphatic rings. The van der Waals surface area contributed by atoms with Crippen molar-refractivity contribution in [3.63, 3.8) is 0 Å². The van der Waals surface area contributed by atoms with Crippen molar-refractivity contribution in [2.24, 2.45) is 5.92 Å². The van der Waals surface area contributed by atoms with Crippen LogP contribution in [0.25, 0.3) is 11.1 Å². The van der Waals surface area contributed by atoms with Crippen molar-refractivity contribution in [3.05, 3.63) is 53.6 Å². The highest BCUT2D eigenvalue weighted by Gasteiger charge is 2.31. The summed E-state index contributed by atoms with van der Waals surface area (Å²) in [5.74, 6) is -1.38. The zero-order chi connectivity index (χ0) is 17.9. The lowest BCUT2D eigenvalue weighted by molar-refractivity contribution is -0.274. The lowest BCUT2D eigenvalue weighted by Gasteiger charge is -2.12. The number of halogens is 3. The van der Waals surface area contributed by atoms with Crippen LogP contribution in [0.5, 0.6) is 5.75 Å². The first-order valence-corrected chi connectivity index (χ1v) is 7.38. The van der Waals surface area contributed by atoms with Crippen molar-refractivity contribution < 1.29 is 27.8 Å². The van der Waals surface area contributed by atoms with Crippen LogP contribution in [0.3, 0.4) is 0 Å². The van der Waals surface area contributed by atoms with E-state index in [4.69, 9.17) is 0 Å². The molecule has 0 aliphatic carbocycles. The predicted molar refractivity (Wildman–Crippen MR) is 84.1 cm³/mol. The van der Waals surface area contributed by atoms with E-state index < -0.39 is 18.1 Å². The van der Waals surface area contributed by atoms with Crippen LogP contribution < -0.4 is 4.74 Å². The Morgan fingerprint density at radius 2 is 1.75 bits per heavy atom. The molecule has 0 saturated carbocycles. The van der Waals surface area contributed by atoms with Crippen molar-refractivity contribution in [1.82, 2.24) is 0 Å². The smallest absolute Gasteiger partial charge is 0.478 e. The van der Waals surface area contributed by atoms with Gasteiger partial charge in [-0.3, -0.25) is 0 Å². The van der Waals surface area contributed by atoms with Crippen LogP contribution in [0.2, 0.25) is 0 Å². The molecule has 128 valence electrons. The molecular formula is C18H17F3O3. The van der Waals surface area contributed by atoms with Crippen LogP contribution in [0.4, 0.5) is 13.2 Å². The first kappa shape index (κ1) is 17.8. The monoisotopic (exact) mass is 338 g/mol. The summed E-state index contributed by atoms with van der Waals surface area (Å²) in [6, 6.07) is 10.6. The highest BCUT2D eigenvalue weighted by atomic mass is 19.4. The van der Waals surface area contributed by atoms with Gasteiger partial charge in [0.2, 0.25) is 0 Å². The Balaban J connectivity index is 2.37. The average molecular weight is 338 g/mol. The minimum Gasteiger partial charge on any atom is -0.478 e. The highest BCUT2D eigenvalue weighted by molar-refractivity contribution is 5.96. The minimum absolute atomic E-state index is 0.242. The van der Waals surface area contributed by atoms with Gasteiger partial charge in [-0.05, 0) is 47.2 Å². The number of carboxylic acid groups (broad SMARTS) is 1. The molecule has 0 fully saturated rings. The summed E-state index contributed by atoms with van der Waals surface area (Å²) in [6.07, 6.45) is -3.97. The van der Waals surface area contributed by atoms with E-state index in [2.05, 4.69) is 18.6 Å². The van der Waals surface area contributed by atoms with Gasteiger partial charge in [-0.15, -0.1) is 13.2 Å². The molecule has 0 unspecified atom stereocenters. The average Bonchev–Trinajstić information content (AvgIpc) is 2.46. The number of ether oxygens (including phenoxy) is 1. The molecule has 0 aromatic heterocycles. The van der Waals surface area contributed by atoms with Gasteiger partial charge in [0.15, 0.2) is 0 Å². The Labute approximate surface area is 137 Å². The third-order valence-electron chi connectivity index (χ3n) is 3.36. The minimum atomic E-state index is -4.87. The molecule has 0 saturated heterocycles. The molecule has 24 heavy (non-hydrogen) atoms. The fraction of sp³-hybridized carbons (Fsp3) is 0.278. The number of benzene rings is 2. The maximum Gasteiger partial charge on any atom is 0.573 e. The number of hydrogen-bond donors (Lipinski definition) is 1. The molecule has 0 spiro atoms. The van der Waals surface area contributed by atoms with Gasteiger partial charge in [-0.2, -0.15) is 0 Å². The second kappa shape index (κ2) is 6.95. The van der Waals surface area contributed by atoms with Crippen molar-refractivity contribution >= 4 is 5.97 Å². The van der Waals surface area contributed by atoms with E-state index in [0.717, 1.165) is 24.1 Å². The summed E-state index contributed by atoms with van der Waals surface area (Å²) in [6.45, 7) is 4.19. The Kier molecular flexibility index (Phi) is 5.17. The number of carboxylic acids is 1. The number of hydrogen-bond acceptors (Lipinski definition) is 2. The lowest BCUT2D eigenvalue weighted by atomic mass is 9.96. The van der Waals surface area contributed by atoms with E-state index in [1.165, 1.54) is 6.07 Å². The number of aromatic carboxylic acids is 1. The highest BCUT2D eigenvalue weighted by Crippen LogP contribution is 2.30. The lowest BCUT2D eigenvalue weighted by Crippen LogP contribution is -2.17. The molecule has 0 amide bonds. The van der Waals surface area contributed by atoms with Crippen LogP contribution >= 0.6 is 0 Å². The van der Waals surface area contributed by atoms with Crippen molar-refractivity contribution in [2.45, 2.75) is 26.6 Å². The first-order chi connectivity index (χ1) is 11.2. The van der Waals surface area contributed by atoms with Crippen LogP contribution in [-0.4, -0.2) is 17.4 Å². The number of alkyl halides is 3. The Morgan fingerprint density at radius 1 is 1.12 bits per heavy atom. The first-order valence-electron chi connectivity index (χ1n) is 7.38. The van der Waals surface area contributed by atoms with Crippen LogP contribution in [0, 0.1) is 5.92 Å². The zero-order valence-electron chi connectivity index (χ0n) is 13.2. The fourth-order valence-electron chi connectivity index (χ4n) is 2.44. The van der Waals surface area contributed by atoms with Crippen molar-refractivity contribution in [3.8, 4) is 16.9 Å². The Hall–Kier alpha value is -2.50. The number of rotatable bonds is 5. The van der Waals surface area contributed by atoms with E-state index >= 15 is 0 Å². The van der Waals surface area contributed by atoms with E-state index in [0.29, 0.717) is 17.0 Å². The topological polar surface area (TPSA) is 46.5 Å². The van der Waals surface area contributed by atoms with E-state index in [9.17, 15) is 23.1 Å². The second-order valence-electron chi connectivity index (χ2n) is 5.86. The predicted octanol–water partition coefficient (Wildman–Crippen LogP) is 5.15. The summed E-state index contributed by atoms with van der Waals surface area (Å²) in [4.78, 5) is 11.4. The zero-order valence-corrected chi connectivity index (χ0v) is 13.2. The summed E-state index contributed by atoms with van der Waals surface area (Å²) < 4.78 is 40.6. The fourth-order valence-corrected chi connectivity index (χ4v) is 2.44. The summed E-state index contributed by atoms with van der Waals surface area (Å²) in [7, 11) is 0.